The van der Waals surface area contributed by atoms with Gasteiger partial charge in [0.1, 0.15) is 5.75 Å². The summed E-state index contributed by atoms with van der Waals surface area (Å²) < 4.78 is 5.52. The summed E-state index contributed by atoms with van der Waals surface area (Å²) in [6.45, 7) is 12.7. The summed E-state index contributed by atoms with van der Waals surface area (Å²) in [5.41, 5.74) is 2.42. The van der Waals surface area contributed by atoms with Crippen LogP contribution in [-0.2, 0) is 14.9 Å². The van der Waals surface area contributed by atoms with E-state index < -0.39 is 0 Å². The third-order valence-electron chi connectivity index (χ3n) is 5.73. The first-order valence-electron chi connectivity index (χ1n) is 11.7. The molecule has 3 heteroatoms. The number of unbranched alkanes of at least 4 members (excludes halogenated alkanes) is 9. The molecular formula is C26H44O3. The minimum Gasteiger partial charge on any atom is -0.507 e. The van der Waals surface area contributed by atoms with Crippen LogP contribution in [0.15, 0.2) is 12.1 Å². The van der Waals surface area contributed by atoms with Gasteiger partial charge >= 0.3 is 5.97 Å². The lowest BCUT2D eigenvalue weighted by atomic mass is 9.82. The Bertz CT molecular complexity index is 613. The van der Waals surface area contributed by atoms with E-state index in [0.717, 1.165) is 29.5 Å². The van der Waals surface area contributed by atoms with E-state index in [2.05, 4.69) is 27.7 Å². The molecule has 1 N–H and O–H groups in total. The van der Waals surface area contributed by atoms with Crippen LogP contribution < -0.4 is 0 Å². The second-order valence-corrected chi connectivity index (χ2v) is 9.56. The molecule has 3 nitrogen and oxygen atoms in total. The first-order valence-corrected chi connectivity index (χ1v) is 11.7. The minimum absolute atomic E-state index is 0.175. The lowest BCUT2D eigenvalue weighted by Crippen LogP contribution is -2.17. The van der Waals surface area contributed by atoms with Gasteiger partial charge in [0.25, 0.3) is 0 Å². The fraction of sp³-hybridized carbons (Fsp3) is 0.731. The van der Waals surface area contributed by atoms with Crippen molar-refractivity contribution in [3.8, 4) is 5.75 Å². The standard InChI is InChI=1S/C26H44O3/c1-7-8-9-10-11-12-13-14-15-16-17-29-25(28)21(3)22-18-20(2)24(27)23(19-22)26(4,5)6/h18-19,21,27H,7-17H2,1-6H3. The zero-order valence-corrected chi connectivity index (χ0v) is 19.8. The van der Waals surface area contributed by atoms with Crippen molar-refractivity contribution in [3.63, 3.8) is 0 Å². The smallest absolute Gasteiger partial charge is 0.313 e. The summed E-state index contributed by atoms with van der Waals surface area (Å²) in [6, 6.07) is 3.85. The van der Waals surface area contributed by atoms with E-state index in [4.69, 9.17) is 4.74 Å². The topological polar surface area (TPSA) is 46.5 Å². The molecule has 1 unspecified atom stereocenters. The Morgan fingerprint density at radius 3 is 2.00 bits per heavy atom. The fourth-order valence-corrected chi connectivity index (χ4v) is 3.65. The van der Waals surface area contributed by atoms with Gasteiger partial charge in [0, 0.05) is 0 Å². The van der Waals surface area contributed by atoms with E-state index in [9.17, 15) is 9.90 Å². The minimum atomic E-state index is -0.321. The molecule has 0 saturated carbocycles. The number of rotatable bonds is 13. The summed E-state index contributed by atoms with van der Waals surface area (Å²) in [5, 5.41) is 10.4. The van der Waals surface area contributed by atoms with Gasteiger partial charge in [-0.25, -0.2) is 0 Å². The molecule has 0 aliphatic carbocycles. The second-order valence-electron chi connectivity index (χ2n) is 9.56. The Morgan fingerprint density at radius 1 is 0.966 bits per heavy atom. The van der Waals surface area contributed by atoms with Gasteiger partial charge in [-0.15, -0.1) is 0 Å². The number of hydrogen-bond acceptors (Lipinski definition) is 3. The molecule has 0 spiro atoms. The van der Waals surface area contributed by atoms with Gasteiger partial charge < -0.3 is 9.84 Å². The molecule has 0 heterocycles. The van der Waals surface area contributed by atoms with Crippen molar-refractivity contribution in [2.24, 2.45) is 0 Å². The average molecular weight is 405 g/mol. The number of benzene rings is 1. The van der Waals surface area contributed by atoms with Gasteiger partial charge in [-0.3, -0.25) is 4.79 Å². The Morgan fingerprint density at radius 2 is 1.48 bits per heavy atom. The van der Waals surface area contributed by atoms with E-state index in [1.54, 1.807) is 0 Å². The molecule has 1 rings (SSSR count). The fourth-order valence-electron chi connectivity index (χ4n) is 3.65. The monoisotopic (exact) mass is 404 g/mol. The predicted molar refractivity (Wildman–Crippen MR) is 123 cm³/mol. The average Bonchev–Trinajstić information content (AvgIpc) is 2.66. The lowest BCUT2D eigenvalue weighted by Gasteiger charge is -2.24. The predicted octanol–water partition coefficient (Wildman–Crippen LogP) is 7.57. The molecule has 0 aliphatic heterocycles. The number of aromatic hydroxyl groups is 1. The van der Waals surface area contributed by atoms with Crippen LogP contribution in [0.3, 0.4) is 0 Å². The molecule has 0 amide bonds. The van der Waals surface area contributed by atoms with Crippen molar-refractivity contribution in [2.45, 2.75) is 117 Å². The highest BCUT2D eigenvalue weighted by atomic mass is 16.5. The van der Waals surface area contributed by atoms with E-state index in [1.807, 2.05) is 26.0 Å². The van der Waals surface area contributed by atoms with E-state index in [0.29, 0.717) is 12.4 Å². The van der Waals surface area contributed by atoms with E-state index >= 15 is 0 Å². The van der Waals surface area contributed by atoms with Crippen LogP contribution in [0.25, 0.3) is 0 Å². The molecule has 0 bridgehead atoms. The summed E-state index contributed by atoms with van der Waals surface area (Å²) in [4.78, 5) is 12.5. The summed E-state index contributed by atoms with van der Waals surface area (Å²) in [7, 11) is 0. The Labute approximate surface area is 179 Å². The largest absolute Gasteiger partial charge is 0.507 e. The summed E-state index contributed by atoms with van der Waals surface area (Å²) >= 11 is 0. The first kappa shape index (κ1) is 25.5. The van der Waals surface area contributed by atoms with Crippen molar-refractivity contribution in [1.29, 1.82) is 0 Å². The number of phenols is 1. The number of hydrogen-bond donors (Lipinski definition) is 1. The quantitative estimate of drug-likeness (QED) is 0.272. The van der Waals surface area contributed by atoms with Gasteiger partial charge in [0.2, 0.25) is 0 Å². The number of aryl methyl sites for hydroxylation is 1. The molecule has 29 heavy (non-hydrogen) atoms. The van der Waals surface area contributed by atoms with Crippen LogP contribution in [0, 0.1) is 6.92 Å². The zero-order chi connectivity index (χ0) is 21.9. The molecule has 1 atom stereocenters. The van der Waals surface area contributed by atoms with Gasteiger partial charge in [0.05, 0.1) is 12.5 Å². The molecule has 0 aromatic heterocycles. The van der Waals surface area contributed by atoms with Crippen molar-refractivity contribution >= 4 is 5.97 Å². The highest BCUT2D eigenvalue weighted by Gasteiger charge is 2.24. The molecule has 0 fully saturated rings. The second kappa shape index (κ2) is 12.9. The third kappa shape index (κ3) is 9.23. The Balaban J connectivity index is 2.34. The molecule has 1 aromatic carbocycles. The number of carbonyl (C=O) groups excluding carboxylic acids is 1. The van der Waals surface area contributed by atoms with Crippen LogP contribution in [0.5, 0.6) is 5.75 Å². The molecule has 1 aromatic rings. The SMILES string of the molecule is CCCCCCCCCCCCOC(=O)C(C)c1cc(C)c(O)c(C(C)(C)C)c1. The normalized spacial score (nSPS) is 12.8. The van der Waals surface area contributed by atoms with Crippen molar-refractivity contribution in [2.75, 3.05) is 6.61 Å². The number of carbonyl (C=O) groups is 1. The molecule has 0 aliphatic rings. The molecule has 0 radical (unpaired) electrons. The number of phenolic OH excluding ortho intramolecular Hbond substituents is 1. The van der Waals surface area contributed by atoms with Crippen LogP contribution in [0.2, 0.25) is 0 Å². The highest BCUT2D eigenvalue weighted by molar-refractivity contribution is 5.78. The first-order chi connectivity index (χ1) is 13.7. The van der Waals surface area contributed by atoms with Gasteiger partial charge in [-0.2, -0.15) is 0 Å². The van der Waals surface area contributed by atoms with Crippen molar-refractivity contribution in [1.82, 2.24) is 0 Å². The lowest BCUT2D eigenvalue weighted by molar-refractivity contribution is -0.145. The maximum Gasteiger partial charge on any atom is 0.313 e. The van der Waals surface area contributed by atoms with Crippen molar-refractivity contribution in [3.05, 3.63) is 28.8 Å². The van der Waals surface area contributed by atoms with Crippen LogP contribution in [-0.4, -0.2) is 17.7 Å². The van der Waals surface area contributed by atoms with Crippen LogP contribution >= 0.6 is 0 Å². The zero-order valence-electron chi connectivity index (χ0n) is 19.8. The van der Waals surface area contributed by atoms with Crippen LogP contribution in [0.1, 0.15) is 121 Å². The van der Waals surface area contributed by atoms with E-state index in [1.165, 1.54) is 51.4 Å². The maximum absolute atomic E-state index is 12.5. The maximum atomic E-state index is 12.5. The Kier molecular flexibility index (Phi) is 11.4. The summed E-state index contributed by atoms with van der Waals surface area (Å²) in [5.74, 6) is -0.170. The molecular weight excluding hydrogens is 360 g/mol. The number of ether oxygens (including phenoxy) is 1. The van der Waals surface area contributed by atoms with Gasteiger partial charge in [-0.1, -0.05) is 97.6 Å². The Hall–Kier alpha value is -1.51. The summed E-state index contributed by atoms with van der Waals surface area (Å²) in [6.07, 6.45) is 12.7. The van der Waals surface area contributed by atoms with Crippen molar-refractivity contribution < 1.29 is 14.6 Å². The van der Waals surface area contributed by atoms with Gasteiger partial charge in [0.15, 0.2) is 0 Å². The third-order valence-corrected chi connectivity index (χ3v) is 5.73. The van der Waals surface area contributed by atoms with E-state index in [-0.39, 0.29) is 17.3 Å². The number of esters is 1. The highest BCUT2D eigenvalue weighted by Crippen LogP contribution is 2.36. The molecule has 0 saturated heterocycles. The molecule has 166 valence electrons. The van der Waals surface area contributed by atoms with Gasteiger partial charge in [-0.05, 0) is 42.4 Å². The van der Waals surface area contributed by atoms with Crippen LogP contribution in [0.4, 0.5) is 0 Å².